The number of carbonyl (C=O) groups excluding carboxylic acids is 5. The number of amides is 4. The van der Waals surface area contributed by atoms with Gasteiger partial charge in [0.25, 0.3) is 18.3 Å². The van der Waals surface area contributed by atoms with Gasteiger partial charge in [0.2, 0.25) is 23.7 Å². The van der Waals surface area contributed by atoms with Gasteiger partial charge in [0, 0.05) is 86.5 Å². The van der Waals surface area contributed by atoms with Gasteiger partial charge in [-0.15, -0.1) is 0 Å². The summed E-state index contributed by atoms with van der Waals surface area (Å²) in [4.78, 5) is 81.9. The Kier molecular flexibility index (Phi) is 21.6. The third kappa shape index (κ3) is 15.1. The second kappa shape index (κ2) is 29.1. The molecule has 4 amide bonds. The molecule has 0 bridgehead atoms. The number of anilines is 2. The molecule has 4 aromatic heterocycles. The molecule has 4 fully saturated rings. The summed E-state index contributed by atoms with van der Waals surface area (Å²) in [7, 11) is 0. The van der Waals surface area contributed by atoms with Crippen LogP contribution in [-0.4, -0.2) is 134 Å². The molecule has 10 rings (SSSR count). The van der Waals surface area contributed by atoms with Crippen LogP contribution >= 0.6 is 0 Å². The fraction of sp³-hybridized carbons (Fsp3) is 0.417. The van der Waals surface area contributed by atoms with Gasteiger partial charge >= 0.3 is 0 Å². The Bertz CT molecular complexity index is 3110. The van der Waals surface area contributed by atoms with Crippen molar-refractivity contribution in [1.29, 1.82) is 0 Å². The maximum Gasteiger partial charge on any atom is 0.297 e. The third-order valence-corrected chi connectivity index (χ3v) is 14.5. The maximum atomic E-state index is 13.3. The SMILES string of the molecule is C.C=CC(=O)N1CCC(Oc2cccc3nc(NC(=O)c4ccnc(C)c4)n([C@@H]4CCCCN(C(=O)C=C)C4)c23)CC1.C=COC=O.Cc1cc(C(=O)Nc2nc3cccc(OC4CCNCC4)c3n2[C@@H]2CCCCNC2)ccn1. The van der Waals surface area contributed by atoms with E-state index in [9.17, 15) is 19.2 Å². The molecule has 0 unspecified atom stereocenters. The lowest BCUT2D eigenvalue weighted by molar-refractivity contribution is -0.128. The Morgan fingerprint density at radius 1 is 0.625 bits per heavy atom. The maximum absolute atomic E-state index is 13.3. The molecule has 2 atom stereocenters. The van der Waals surface area contributed by atoms with Crippen molar-refractivity contribution in [2.45, 2.75) is 110 Å². The van der Waals surface area contributed by atoms with Crippen molar-refractivity contribution in [3.63, 3.8) is 0 Å². The highest BCUT2D eigenvalue weighted by Gasteiger charge is 2.31. The van der Waals surface area contributed by atoms with Gasteiger partial charge < -0.3 is 43.8 Å². The van der Waals surface area contributed by atoms with E-state index in [1.165, 1.54) is 12.2 Å². The molecule has 2 aromatic carbocycles. The van der Waals surface area contributed by atoms with E-state index in [2.05, 4.69) is 60.3 Å². The minimum atomic E-state index is -0.290. The number of rotatable bonds is 14. The number of fused-ring (bicyclic) bond motifs is 2. The van der Waals surface area contributed by atoms with Crippen molar-refractivity contribution in [1.82, 2.24) is 49.5 Å². The number of carbonyl (C=O) groups is 5. The number of nitrogens with one attached hydrogen (secondary N) is 4. The molecule has 80 heavy (non-hydrogen) atoms. The van der Waals surface area contributed by atoms with Gasteiger partial charge in [0.1, 0.15) is 34.7 Å². The molecule has 6 aromatic rings. The van der Waals surface area contributed by atoms with E-state index >= 15 is 0 Å². The average Bonchev–Trinajstić information content (AvgIpc) is 3.91. The number of piperidine rings is 2. The summed E-state index contributed by atoms with van der Waals surface area (Å²) in [6.07, 6.45) is 16.4. The molecule has 0 spiro atoms. The van der Waals surface area contributed by atoms with Gasteiger partial charge in [-0.25, -0.2) is 9.97 Å². The molecule has 4 saturated heterocycles. The van der Waals surface area contributed by atoms with E-state index in [1.807, 2.05) is 59.7 Å². The van der Waals surface area contributed by atoms with Crippen LogP contribution in [0.1, 0.15) is 116 Å². The van der Waals surface area contributed by atoms with E-state index in [4.69, 9.17) is 24.2 Å². The Morgan fingerprint density at radius 2 is 1.15 bits per heavy atom. The lowest BCUT2D eigenvalue weighted by Gasteiger charge is -2.32. The molecule has 424 valence electrons. The topological polar surface area (TPSA) is 229 Å². The number of hydrogen-bond donors (Lipinski definition) is 4. The van der Waals surface area contributed by atoms with Crippen LogP contribution in [-0.2, 0) is 19.1 Å². The van der Waals surface area contributed by atoms with Crippen molar-refractivity contribution < 1.29 is 38.2 Å². The minimum absolute atomic E-state index is 0. The highest BCUT2D eigenvalue weighted by atomic mass is 16.5. The first-order valence-electron chi connectivity index (χ1n) is 27.3. The van der Waals surface area contributed by atoms with Crippen molar-refractivity contribution in [3.05, 3.63) is 134 Å². The molecule has 20 nitrogen and oxygen atoms in total. The zero-order valence-corrected chi connectivity index (χ0v) is 45.2. The predicted octanol–water partition coefficient (Wildman–Crippen LogP) is 8.66. The number of imidazole rings is 2. The van der Waals surface area contributed by atoms with Crippen LogP contribution < -0.4 is 30.7 Å². The molecular weight excluding hydrogens is 1020 g/mol. The largest absolute Gasteiger partial charge is 0.488 e. The number of ether oxygens (including phenoxy) is 3. The van der Waals surface area contributed by atoms with Crippen LogP contribution in [0.2, 0.25) is 0 Å². The number of aromatic nitrogens is 6. The van der Waals surface area contributed by atoms with Crippen LogP contribution in [0.4, 0.5) is 11.9 Å². The zero-order chi connectivity index (χ0) is 55.7. The highest BCUT2D eigenvalue weighted by molar-refractivity contribution is 6.05. The molecule has 0 saturated carbocycles. The molecule has 0 aliphatic carbocycles. The monoisotopic (exact) mass is 1090 g/mol. The minimum Gasteiger partial charge on any atom is -0.488 e. The summed E-state index contributed by atoms with van der Waals surface area (Å²) in [5.41, 5.74) is 5.87. The van der Waals surface area contributed by atoms with E-state index < -0.39 is 0 Å². The molecule has 4 N–H and O–H groups in total. The Hall–Kier alpha value is -8.23. The van der Waals surface area contributed by atoms with E-state index in [-0.39, 0.29) is 55.3 Å². The van der Waals surface area contributed by atoms with Crippen molar-refractivity contribution in [2.24, 2.45) is 0 Å². The fourth-order valence-corrected chi connectivity index (χ4v) is 10.5. The summed E-state index contributed by atoms with van der Waals surface area (Å²) in [5.74, 6) is 1.82. The number of nitrogens with zero attached hydrogens (tertiary/aromatic N) is 8. The van der Waals surface area contributed by atoms with Crippen molar-refractivity contribution in [2.75, 3.05) is 63.0 Å². The van der Waals surface area contributed by atoms with Gasteiger partial charge in [-0.2, -0.15) is 0 Å². The summed E-state index contributed by atoms with van der Waals surface area (Å²) < 4.78 is 21.2. The number of aryl methyl sites for hydroxylation is 2. The van der Waals surface area contributed by atoms with Gasteiger partial charge in [-0.1, -0.05) is 45.7 Å². The van der Waals surface area contributed by atoms with E-state index in [1.54, 1.807) is 41.6 Å². The number of para-hydroxylation sites is 2. The molecule has 8 heterocycles. The molecule has 4 aliphatic rings. The van der Waals surface area contributed by atoms with Crippen LogP contribution in [0, 0.1) is 13.8 Å². The Morgan fingerprint density at radius 3 is 1.68 bits per heavy atom. The van der Waals surface area contributed by atoms with E-state index in [0.717, 1.165) is 117 Å². The zero-order valence-electron chi connectivity index (χ0n) is 45.2. The quantitative estimate of drug-likeness (QED) is 0.0455. The normalized spacial score (nSPS) is 17.8. The Labute approximate surface area is 468 Å². The number of benzene rings is 2. The summed E-state index contributed by atoms with van der Waals surface area (Å²) in [6, 6.07) is 18.7. The average molecular weight is 1090 g/mol. The number of hydrogen-bond acceptors (Lipinski definition) is 14. The first-order chi connectivity index (χ1) is 38.5. The lowest BCUT2D eigenvalue weighted by Crippen LogP contribution is -2.41. The molecule has 0 radical (unpaired) electrons. The molecule has 4 aliphatic heterocycles. The van der Waals surface area contributed by atoms with Crippen molar-refractivity contribution >= 4 is 64.1 Å². The van der Waals surface area contributed by atoms with Gasteiger partial charge in [0.05, 0.1) is 23.3 Å². The summed E-state index contributed by atoms with van der Waals surface area (Å²) in [6.45, 7) is 20.5. The second-order valence-corrected chi connectivity index (χ2v) is 19.9. The van der Waals surface area contributed by atoms with E-state index in [0.29, 0.717) is 79.8 Å². The van der Waals surface area contributed by atoms with Crippen molar-refractivity contribution in [3.8, 4) is 11.5 Å². The van der Waals surface area contributed by atoms with Crippen LogP contribution in [0.5, 0.6) is 11.5 Å². The summed E-state index contributed by atoms with van der Waals surface area (Å²) >= 11 is 0. The van der Waals surface area contributed by atoms with Crippen LogP contribution in [0.3, 0.4) is 0 Å². The first-order valence-corrected chi connectivity index (χ1v) is 27.3. The fourth-order valence-electron chi connectivity index (χ4n) is 10.5. The molecular formula is C60H76N12O8. The molecule has 20 heteroatoms. The van der Waals surface area contributed by atoms with Gasteiger partial charge in [-0.3, -0.25) is 44.6 Å². The smallest absolute Gasteiger partial charge is 0.297 e. The lowest BCUT2D eigenvalue weighted by atomic mass is 10.1. The number of pyridine rings is 2. The summed E-state index contributed by atoms with van der Waals surface area (Å²) in [5, 5.41) is 13.1. The van der Waals surface area contributed by atoms with Crippen LogP contribution in [0.25, 0.3) is 22.1 Å². The second-order valence-electron chi connectivity index (χ2n) is 19.9. The predicted molar refractivity (Wildman–Crippen MR) is 310 cm³/mol. The highest BCUT2D eigenvalue weighted by Crippen LogP contribution is 2.38. The Balaban J connectivity index is 0.000000214. The standard InChI is InChI=1S/C31H36N6O4.C25H32N6O2.C3H4O2.CH4/c1-4-27(38)35-17-13-24(14-18-35)41-26-11-8-10-25-29(26)37(23-9-6-7-16-36(20-23)28(39)5-2)31(33-25)34-30(40)22-12-15-32-21(3)19-22;1-17-15-18(8-14-28-17)24(32)30-25-29-21-6-4-7-22(33-20-9-12-26-13-10-20)23(21)31(25)19-5-2-3-11-27-16-19;1-2-5-3-4;/h4-5,8,10-12,15,19,23-24H,1-2,6-7,9,13-14,16-18,20H2,3H3,(H,33,34,40);4,6-8,14-15,19-20,26-27H,2-3,5,9-13,16H2,1H3,(H,29,30,32);2-3H,1H2;1H4/t23-;19-;;/m11../s1. The first kappa shape index (κ1) is 59.4. The number of likely N-dealkylation sites (tertiary alicyclic amines) is 2. The van der Waals surface area contributed by atoms with Gasteiger partial charge in [0.15, 0.2) is 0 Å². The third-order valence-electron chi connectivity index (χ3n) is 14.5. The van der Waals surface area contributed by atoms with Crippen LogP contribution in [0.15, 0.2) is 111 Å². The van der Waals surface area contributed by atoms with Gasteiger partial charge in [-0.05, 0) is 139 Å².